The van der Waals surface area contributed by atoms with Crippen LogP contribution in [0.25, 0.3) is 77.4 Å². The molecule has 0 aliphatic rings. The molecule has 196 valence electrons. The largest absolute Gasteiger partial charge is 0.274 e. The van der Waals surface area contributed by atoms with Gasteiger partial charge in [0.2, 0.25) is 5.95 Å². The van der Waals surface area contributed by atoms with Gasteiger partial charge in [-0.2, -0.15) is 0 Å². The average Bonchev–Trinajstić information content (AvgIpc) is 3.40. The molecule has 42 heavy (non-hydrogen) atoms. The second-order valence-electron chi connectivity index (χ2n) is 10.4. The van der Waals surface area contributed by atoms with Gasteiger partial charge in [-0.3, -0.25) is 13.8 Å². The Morgan fingerprint density at radius 3 is 1.83 bits per heavy atom. The van der Waals surface area contributed by atoms with Gasteiger partial charge in [0.1, 0.15) is 5.52 Å². The Balaban J connectivity index is 1.56. The first-order valence-electron chi connectivity index (χ1n) is 13.9. The van der Waals surface area contributed by atoms with Crippen molar-refractivity contribution in [2.24, 2.45) is 0 Å². The number of benzene rings is 5. The van der Waals surface area contributed by atoms with Gasteiger partial charge in [0, 0.05) is 27.1 Å². The molecular formula is C36H21N5O. The Kier molecular flexibility index (Phi) is 4.66. The van der Waals surface area contributed by atoms with Crippen LogP contribution in [0.15, 0.2) is 132 Å². The quantitative estimate of drug-likeness (QED) is 0.167. The molecule has 0 amide bonds. The van der Waals surface area contributed by atoms with Crippen LogP contribution in [-0.4, -0.2) is 23.9 Å². The lowest BCUT2D eigenvalue weighted by atomic mass is 10.1. The number of aromatic nitrogens is 5. The molecule has 6 heteroatoms. The smallest absolute Gasteiger partial charge is 0.266 e. The van der Waals surface area contributed by atoms with Crippen LogP contribution in [-0.2, 0) is 0 Å². The number of rotatable bonds is 2. The third-order valence-corrected chi connectivity index (χ3v) is 8.12. The minimum atomic E-state index is -0.102. The summed E-state index contributed by atoms with van der Waals surface area (Å²) in [6, 6.07) is 42.1. The van der Waals surface area contributed by atoms with Crippen molar-refractivity contribution in [3.05, 3.63) is 138 Å². The second-order valence-corrected chi connectivity index (χ2v) is 10.4. The highest BCUT2D eigenvalue weighted by atomic mass is 16.1. The molecule has 0 saturated heterocycles. The van der Waals surface area contributed by atoms with Crippen LogP contribution in [0.3, 0.4) is 0 Å². The van der Waals surface area contributed by atoms with E-state index in [0.717, 1.165) is 54.9 Å². The van der Waals surface area contributed by atoms with Crippen molar-refractivity contribution in [1.29, 1.82) is 0 Å². The van der Waals surface area contributed by atoms with E-state index < -0.39 is 0 Å². The van der Waals surface area contributed by atoms with Crippen molar-refractivity contribution >= 4 is 60.2 Å². The summed E-state index contributed by atoms with van der Waals surface area (Å²) < 4.78 is 3.82. The molecule has 6 nitrogen and oxygen atoms in total. The van der Waals surface area contributed by atoms with Gasteiger partial charge in [-0.05, 0) is 30.3 Å². The highest BCUT2D eigenvalue weighted by Gasteiger charge is 2.23. The first-order valence-corrected chi connectivity index (χ1v) is 13.9. The molecule has 9 aromatic rings. The molecule has 0 spiro atoms. The third kappa shape index (κ3) is 3.09. The summed E-state index contributed by atoms with van der Waals surface area (Å²) in [6.07, 6.45) is 0. The predicted molar refractivity (Wildman–Crippen MR) is 169 cm³/mol. The molecule has 4 heterocycles. The van der Waals surface area contributed by atoms with Crippen molar-refractivity contribution in [1.82, 2.24) is 23.9 Å². The van der Waals surface area contributed by atoms with Crippen molar-refractivity contribution in [3.63, 3.8) is 0 Å². The molecule has 0 atom stereocenters. The normalized spacial score (nSPS) is 11.9. The fourth-order valence-corrected chi connectivity index (χ4v) is 6.31. The van der Waals surface area contributed by atoms with Crippen molar-refractivity contribution in [2.75, 3.05) is 0 Å². The third-order valence-electron chi connectivity index (χ3n) is 8.12. The molecule has 0 bridgehead atoms. The molecule has 0 aliphatic carbocycles. The first-order chi connectivity index (χ1) is 20.8. The molecule has 0 radical (unpaired) electrons. The van der Waals surface area contributed by atoms with Crippen molar-refractivity contribution in [2.45, 2.75) is 0 Å². The molecule has 5 aromatic carbocycles. The second kappa shape index (κ2) is 8.56. The zero-order valence-corrected chi connectivity index (χ0v) is 22.3. The number of fused-ring (bicyclic) bond motifs is 10. The summed E-state index contributed by atoms with van der Waals surface area (Å²) >= 11 is 0. The van der Waals surface area contributed by atoms with Gasteiger partial charge in [-0.25, -0.2) is 15.0 Å². The number of hydrogen-bond donors (Lipinski definition) is 0. The van der Waals surface area contributed by atoms with E-state index in [2.05, 4.69) is 41.0 Å². The lowest BCUT2D eigenvalue weighted by Crippen LogP contribution is -2.17. The maximum atomic E-state index is 14.1. The molecule has 4 aromatic heterocycles. The summed E-state index contributed by atoms with van der Waals surface area (Å²) in [5.41, 5.74) is 6.38. The van der Waals surface area contributed by atoms with Gasteiger partial charge in [0.25, 0.3) is 5.56 Å². The van der Waals surface area contributed by atoms with Gasteiger partial charge in [-0.15, -0.1) is 0 Å². The van der Waals surface area contributed by atoms with Crippen molar-refractivity contribution < 1.29 is 0 Å². The van der Waals surface area contributed by atoms with Crippen LogP contribution >= 0.6 is 0 Å². The van der Waals surface area contributed by atoms with Crippen LogP contribution in [0, 0.1) is 0 Å². The summed E-state index contributed by atoms with van der Waals surface area (Å²) in [5.74, 6) is 0.526. The number of para-hydroxylation sites is 4. The van der Waals surface area contributed by atoms with E-state index in [0.29, 0.717) is 22.5 Å². The monoisotopic (exact) mass is 539 g/mol. The van der Waals surface area contributed by atoms with E-state index >= 15 is 0 Å². The molecule has 0 N–H and O–H groups in total. The van der Waals surface area contributed by atoms with Gasteiger partial charge in [0.05, 0.1) is 33.1 Å². The maximum absolute atomic E-state index is 14.1. The Morgan fingerprint density at radius 1 is 0.500 bits per heavy atom. The lowest BCUT2D eigenvalue weighted by molar-refractivity contribution is 1.01. The number of hydrogen-bond acceptors (Lipinski definition) is 4. The molecule has 0 unspecified atom stereocenters. The number of nitrogens with zero attached hydrogens (tertiary/aromatic N) is 5. The van der Waals surface area contributed by atoms with E-state index in [1.165, 1.54) is 0 Å². The fraction of sp³-hybridized carbons (Fsp3) is 0. The Hall–Kier alpha value is -5.88. The summed E-state index contributed by atoms with van der Waals surface area (Å²) in [6.45, 7) is 0. The van der Waals surface area contributed by atoms with E-state index in [1.807, 2.05) is 91.0 Å². The van der Waals surface area contributed by atoms with Crippen LogP contribution in [0.1, 0.15) is 0 Å². The summed E-state index contributed by atoms with van der Waals surface area (Å²) in [5, 5.41) is 4.59. The average molecular weight is 540 g/mol. The summed E-state index contributed by atoms with van der Waals surface area (Å²) in [4.78, 5) is 29.6. The van der Waals surface area contributed by atoms with E-state index in [-0.39, 0.29) is 5.56 Å². The van der Waals surface area contributed by atoms with Crippen LogP contribution < -0.4 is 5.56 Å². The molecule has 0 saturated carbocycles. The summed E-state index contributed by atoms with van der Waals surface area (Å²) in [7, 11) is 0. The van der Waals surface area contributed by atoms with Gasteiger partial charge < -0.3 is 0 Å². The lowest BCUT2D eigenvalue weighted by Gasteiger charge is -2.14. The van der Waals surface area contributed by atoms with Crippen LogP contribution in [0.2, 0.25) is 0 Å². The zero-order valence-electron chi connectivity index (χ0n) is 22.3. The molecule has 0 fully saturated rings. The fourth-order valence-electron chi connectivity index (χ4n) is 6.31. The van der Waals surface area contributed by atoms with E-state index in [4.69, 9.17) is 15.0 Å². The molecule has 9 rings (SSSR count). The van der Waals surface area contributed by atoms with Gasteiger partial charge in [0.15, 0.2) is 5.65 Å². The highest BCUT2D eigenvalue weighted by Crippen LogP contribution is 2.39. The van der Waals surface area contributed by atoms with E-state index in [1.54, 1.807) is 4.40 Å². The highest BCUT2D eigenvalue weighted by molar-refractivity contribution is 6.24. The maximum Gasteiger partial charge on any atom is 0.266 e. The van der Waals surface area contributed by atoms with Crippen molar-refractivity contribution in [3.8, 4) is 17.2 Å². The molecule has 0 aliphatic heterocycles. The van der Waals surface area contributed by atoms with Gasteiger partial charge in [-0.1, -0.05) is 97.1 Å². The minimum absolute atomic E-state index is 0.102. The Bertz CT molecular complexity index is 2600. The minimum Gasteiger partial charge on any atom is -0.274 e. The SMILES string of the molecule is O=c1c2ccccc2nc2c3c(c4ccccc4n3-c3nc(-c4ccccc4)c4ccccc4n3)c3ccccc3n12. The molecular weight excluding hydrogens is 518 g/mol. The van der Waals surface area contributed by atoms with Crippen LogP contribution in [0.4, 0.5) is 0 Å². The topological polar surface area (TPSA) is 65.1 Å². The van der Waals surface area contributed by atoms with Crippen LogP contribution in [0.5, 0.6) is 0 Å². The van der Waals surface area contributed by atoms with Gasteiger partial charge >= 0.3 is 0 Å². The standard InChI is InChI=1S/C36H21N5O/c42-35-24-15-5-9-19-28(24)37-34-33-31(26-17-7-11-21-30(26)41(34)35)25-16-6-10-20-29(25)40(33)36-38-27-18-8-4-14-23(27)32(39-36)22-12-2-1-3-13-22/h1-21H. The number of pyridine rings is 1. The first kappa shape index (κ1) is 22.9. The predicted octanol–water partition coefficient (Wildman–Crippen LogP) is 7.71. The Labute approximate surface area is 238 Å². The van der Waals surface area contributed by atoms with E-state index in [9.17, 15) is 4.79 Å². The zero-order chi connectivity index (χ0) is 27.8. The Morgan fingerprint density at radius 2 is 1.07 bits per heavy atom.